The highest BCUT2D eigenvalue weighted by molar-refractivity contribution is 5.95. The van der Waals surface area contributed by atoms with Gasteiger partial charge in [0.15, 0.2) is 5.78 Å². The Morgan fingerprint density at radius 1 is 0.571 bits per heavy atom. The second-order valence-electron chi connectivity index (χ2n) is 7.82. The number of aromatic carboxylic acids is 1. The SMILES string of the molecule is NCCc1ccccc1.O=C(CCCc1ccccc1)c1ccccc1.O=C(O)c1ccccc1. The van der Waals surface area contributed by atoms with E-state index in [1.807, 2.05) is 66.7 Å². The fraction of sp³-hybridized carbons (Fsp3) is 0.161. The van der Waals surface area contributed by atoms with Gasteiger partial charge in [0.25, 0.3) is 0 Å². The highest BCUT2D eigenvalue weighted by atomic mass is 16.4. The third-order valence-corrected chi connectivity index (χ3v) is 5.10. The minimum absolute atomic E-state index is 0.238. The molecule has 0 fully saturated rings. The standard InChI is InChI=1S/C16H16O.C8H11N.C7H6O2/c17-16(15-11-5-2-6-12-15)13-7-10-14-8-3-1-4-9-14;9-7-6-8-4-2-1-3-5-8;8-7(9)6-4-2-1-3-5-6/h1-6,8-9,11-12H,7,10,13H2;1-5H,6-7,9H2;1-5H,(H,8,9). The summed E-state index contributed by atoms with van der Waals surface area (Å²) in [6, 6.07) is 38.4. The number of aryl methyl sites for hydroxylation is 1. The van der Waals surface area contributed by atoms with Gasteiger partial charge in [-0.05, 0) is 49.1 Å². The molecule has 4 aromatic carbocycles. The molecule has 4 nitrogen and oxygen atoms in total. The summed E-state index contributed by atoms with van der Waals surface area (Å²) in [4.78, 5) is 22.0. The number of rotatable bonds is 8. The van der Waals surface area contributed by atoms with Crippen molar-refractivity contribution >= 4 is 11.8 Å². The number of carbonyl (C=O) groups excluding carboxylic acids is 1. The molecule has 0 saturated carbocycles. The monoisotopic (exact) mass is 467 g/mol. The van der Waals surface area contributed by atoms with Crippen LogP contribution in [0, 0.1) is 0 Å². The number of carbonyl (C=O) groups is 2. The molecule has 0 spiro atoms. The summed E-state index contributed by atoms with van der Waals surface area (Å²) in [5, 5.41) is 8.38. The summed E-state index contributed by atoms with van der Waals surface area (Å²) in [5.41, 5.74) is 9.13. The zero-order valence-corrected chi connectivity index (χ0v) is 19.9. The number of benzene rings is 4. The van der Waals surface area contributed by atoms with Crippen molar-refractivity contribution in [2.45, 2.75) is 25.7 Å². The highest BCUT2D eigenvalue weighted by Crippen LogP contribution is 2.09. The van der Waals surface area contributed by atoms with Gasteiger partial charge in [0.1, 0.15) is 0 Å². The minimum atomic E-state index is -0.879. The van der Waals surface area contributed by atoms with Crippen LogP contribution in [0.15, 0.2) is 121 Å². The van der Waals surface area contributed by atoms with Gasteiger partial charge in [0.2, 0.25) is 0 Å². The number of hydrogen-bond acceptors (Lipinski definition) is 3. The molecule has 0 amide bonds. The van der Waals surface area contributed by atoms with Crippen molar-refractivity contribution in [1.29, 1.82) is 0 Å². The maximum absolute atomic E-state index is 11.8. The molecule has 0 unspecified atom stereocenters. The predicted octanol–water partition coefficient (Wildman–Crippen LogP) is 6.46. The largest absolute Gasteiger partial charge is 0.478 e. The first kappa shape index (κ1) is 27.2. The molecule has 3 N–H and O–H groups in total. The van der Waals surface area contributed by atoms with Crippen molar-refractivity contribution < 1.29 is 14.7 Å². The van der Waals surface area contributed by atoms with Gasteiger partial charge in [0.05, 0.1) is 5.56 Å². The summed E-state index contributed by atoms with van der Waals surface area (Å²) in [6.07, 6.45) is 3.50. The molecule has 0 aromatic heterocycles. The van der Waals surface area contributed by atoms with Crippen LogP contribution in [0.1, 0.15) is 44.7 Å². The van der Waals surface area contributed by atoms with Gasteiger partial charge in [0, 0.05) is 12.0 Å². The minimum Gasteiger partial charge on any atom is -0.478 e. The van der Waals surface area contributed by atoms with Crippen molar-refractivity contribution in [2.75, 3.05) is 6.54 Å². The molecule has 180 valence electrons. The van der Waals surface area contributed by atoms with Crippen LogP contribution in [0.5, 0.6) is 0 Å². The lowest BCUT2D eigenvalue weighted by molar-refractivity contribution is 0.0696. The van der Waals surface area contributed by atoms with E-state index in [-0.39, 0.29) is 5.78 Å². The number of hydrogen-bond donors (Lipinski definition) is 2. The first-order chi connectivity index (χ1) is 17.1. The summed E-state index contributed by atoms with van der Waals surface area (Å²) >= 11 is 0. The first-order valence-electron chi connectivity index (χ1n) is 11.7. The molecule has 4 aromatic rings. The zero-order valence-electron chi connectivity index (χ0n) is 19.9. The van der Waals surface area contributed by atoms with Crippen LogP contribution in [-0.2, 0) is 12.8 Å². The molecular formula is C31H33NO3. The number of carboxylic acid groups (broad SMARTS) is 1. The van der Waals surface area contributed by atoms with Crippen LogP contribution < -0.4 is 5.73 Å². The summed E-state index contributed by atoms with van der Waals surface area (Å²) in [6.45, 7) is 0.740. The smallest absolute Gasteiger partial charge is 0.335 e. The Bertz CT molecular complexity index is 1100. The molecule has 0 heterocycles. The van der Waals surface area contributed by atoms with Crippen molar-refractivity contribution in [1.82, 2.24) is 0 Å². The normalized spacial score (nSPS) is 9.63. The van der Waals surface area contributed by atoms with Crippen molar-refractivity contribution in [2.24, 2.45) is 5.73 Å². The molecule has 0 radical (unpaired) electrons. The van der Waals surface area contributed by atoms with Crippen LogP contribution in [0.3, 0.4) is 0 Å². The van der Waals surface area contributed by atoms with Gasteiger partial charge in [-0.3, -0.25) is 4.79 Å². The third-order valence-electron chi connectivity index (χ3n) is 5.10. The molecule has 0 bridgehead atoms. The second-order valence-corrected chi connectivity index (χ2v) is 7.82. The van der Waals surface area contributed by atoms with Crippen LogP contribution in [0.25, 0.3) is 0 Å². The summed E-state index contributed by atoms with van der Waals surface area (Å²) in [7, 11) is 0. The molecule has 0 saturated heterocycles. The Hall–Kier alpha value is -4.02. The number of carboxylic acids is 1. The molecule has 0 aliphatic heterocycles. The topological polar surface area (TPSA) is 80.4 Å². The Labute approximate surface area is 208 Å². The predicted molar refractivity (Wildman–Crippen MR) is 143 cm³/mol. The van der Waals surface area contributed by atoms with Crippen molar-refractivity contribution in [3.63, 3.8) is 0 Å². The maximum Gasteiger partial charge on any atom is 0.335 e. The number of Topliss-reactive ketones (excluding diaryl/α,β-unsaturated/α-hetero) is 1. The van der Waals surface area contributed by atoms with E-state index in [4.69, 9.17) is 10.8 Å². The highest BCUT2D eigenvalue weighted by Gasteiger charge is 2.04. The fourth-order valence-corrected chi connectivity index (χ4v) is 3.26. The van der Waals surface area contributed by atoms with Gasteiger partial charge in [-0.2, -0.15) is 0 Å². The molecule has 0 atom stereocenters. The van der Waals surface area contributed by atoms with Gasteiger partial charge in [-0.1, -0.05) is 109 Å². The van der Waals surface area contributed by atoms with Crippen LogP contribution in [0.4, 0.5) is 0 Å². The Balaban J connectivity index is 0.000000203. The van der Waals surface area contributed by atoms with E-state index in [0.29, 0.717) is 12.0 Å². The fourth-order valence-electron chi connectivity index (χ4n) is 3.26. The molecular weight excluding hydrogens is 434 g/mol. The maximum atomic E-state index is 11.8. The van der Waals surface area contributed by atoms with E-state index >= 15 is 0 Å². The van der Waals surface area contributed by atoms with E-state index in [0.717, 1.165) is 31.4 Å². The van der Waals surface area contributed by atoms with E-state index in [2.05, 4.69) is 24.3 Å². The lowest BCUT2D eigenvalue weighted by Gasteiger charge is -2.01. The van der Waals surface area contributed by atoms with Crippen LogP contribution in [-0.4, -0.2) is 23.4 Å². The molecule has 0 aliphatic carbocycles. The Kier molecular flexibility index (Phi) is 12.9. The molecule has 35 heavy (non-hydrogen) atoms. The molecule has 4 rings (SSSR count). The quantitative estimate of drug-likeness (QED) is 0.291. The van der Waals surface area contributed by atoms with E-state index in [1.165, 1.54) is 11.1 Å². The average Bonchev–Trinajstić information content (AvgIpc) is 2.92. The van der Waals surface area contributed by atoms with Gasteiger partial charge >= 0.3 is 5.97 Å². The Morgan fingerprint density at radius 3 is 1.37 bits per heavy atom. The van der Waals surface area contributed by atoms with Gasteiger partial charge in [-0.25, -0.2) is 4.79 Å². The zero-order chi connectivity index (χ0) is 25.1. The second kappa shape index (κ2) is 16.6. The van der Waals surface area contributed by atoms with Crippen LogP contribution >= 0.6 is 0 Å². The Morgan fingerprint density at radius 2 is 0.971 bits per heavy atom. The number of ketones is 1. The molecule has 0 aliphatic rings. The number of nitrogens with two attached hydrogens (primary N) is 1. The lowest BCUT2D eigenvalue weighted by Crippen LogP contribution is -2.01. The third kappa shape index (κ3) is 11.6. The molecule has 4 heteroatoms. The van der Waals surface area contributed by atoms with Crippen molar-refractivity contribution in [3.05, 3.63) is 144 Å². The van der Waals surface area contributed by atoms with E-state index in [9.17, 15) is 9.59 Å². The summed E-state index contributed by atoms with van der Waals surface area (Å²) in [5.74, 6) is -0.642. The van der Waals surface area contributed by atoms with E-state index in [1.54, 1.807) is 30.3 Å². The van der Waals surface area contributed by atoms with Gasteiger partial charge < -0.3 is 10.8 Å². The summed E-state index contributed by atoms with van der Waals surface area (Å²) < 4.78 is 0. The first-order valence-corrected chi connectivity index (χ1v) is 11.7. The van der Waals surface area contributed by atoms with E-state index < -0.39 is 5.97 Å². The van der Waals surface area contributed by atoms with Crippen LogP contribution in [0.2, 0.25) is 0 Å². The lowest BCUT2D eigenvalue weighted by atomic mass is 10.0. The van der Waals surface area contributed by atoms with Crippen molar-refractivity contribution in [3.8, 4) is 0 Å². The van der Waals surface area contributed by atoms with Gasteiger partial charge in [-0.15, -0.1) is 0 Å². The average molecular weight is 468 g/mol.